The third kappa shape index (κ3) is 7.04. The first-order valence-electron chi connectivity index (χ1n) is 21.9. The summed E-state index contributed by atoms with van der Waals surface area (Å²) in [6, 6.07) is 82.8. The lowest BCUT2D eigenvalue weighted by molar-refractivity contribution is 0.670. The number of hydrogen-bond donors (Lipinski definition) is 0. The Labute approximate surface area is 376 Å². The van der Waals surface area contributed by atoms with Crippen LogP contribution in [-0.2, 0) is 0 Å². The quantitative estimate of drug-likeness (QED) is 0.153. The predicted octanol–water partition coefficient (Wildman–Crippen LogP) is 16.3. The number of aromatic nitrogens is 3. The molecule has 0 saturated heterocycles. The molecule has 0 bridgehead atoms. The summed E-state index contributed by atoms with van der Waals surface area (Å²) in [4.78, 5) is 15.6. The van der Waals surface area contributed by atoms with Crippen LogP contribution in [-0.4, -0.2) is 15.0 Å². The van der Waals surface area contributed by atoms with E-state index in [0.717, 1.165) is 72.0 Å². The molecule has 0 aliphatic heterocycles. The first kappa shape index (κ1) is 38.0. The number of hydrogen-bond acceptors (Lipinski definition) is 4. The monoisotopic (exact) mass is 829 g/mol. The molecule has 2 heterocycles. The first-order valence-corrected chi connectivity index (χ1v) is 21.9. The number of para-hydroxylation sites is 1. The molecule has 4 nitrogen and oxygen atoms in total. The smallest absolute Gasteiger partial charge is 0.164 e. The molecule has 0 spiro atoms. The molecule has 0 amide bonds. The van der Waals surface area contributed by atoms with E-state index in [2.05, 4.69) is 212 Å². The predicted molar refractivity (Wildman–Crippen MR) is 268 cm³/mol. The van der Waals surface area contributed by atoms with Gasteiger partial charge in [-0.2, -0.15) is 0 Å². The molecule has 0 N–H and O–H groups in total. The Hall–Kier alpha value is -8.73. The van der Waals surface area contributed by atoms with E-state index in [1.165, 1.54) is 33.0 Å². The summed E-state index contributed by atoms with van der Waals surface area (Å²) >= 11 is 0. The molecule has 0 unspecified atom stereocenters. The van der Waals surface area contributed by atoms with Gasteiger partial charge in [-0.1, -0.05) is 231 Å². The maximum Gasteiger partial charge on any atom is 0.164 e. The highest BCUT2D eigenvalue weighted by molar-refractivity contribution is 6.17. The minimum Gasteiger partial charge on any atom is -0.455 e. The van der Waals surface area contributed by atoms with Gasteiger partial charge in [0.1, 0.15) is 11.2 Å². The molecule has 12 aromatic rings. The number of furan rings is 1. The maximum absolute atomic E-state index is 6.87. The van der Waals surface area contributed by atoms with Gasteiger partial charge >= 0.3 is 0 Å². The van der Waals surface area contributed by atoms with E-state index in [9.17, 15) is 0 Å². The molecule has 0 fully saturated rings. The summed E-state index contributed by atoms with van der Waals surface area (Å²) in [6.07, 6.45) is 0. The van der Waals surface area contributed by atoms with Crippen LogP contribution in [0.2, 0.25) is 0 Å². The van der Waals surface area contributed by atoms with Gasteiger partial charge in [0.2, 0.25) is 0 Å². The van der Waals surface area contributed by atoms with E-state index >= 15 is 0 Å². The first-order chi connectivity index (χ1) is 32.2. The summed E-state index contributed by atoms with van der Waals surface area (Å²) in [5.74, 6) is 1.77. The van der Waals surface area contributed by atoms with Crippen LogP contribution in [0.4, 0.5) is 0 Å². The fourth-order valence-corrected chi connectivity index (χ4v) is 9.14. The van der Waals surface area contributed by atoms with Crippen LogP contribution in [0.3, 0.4) is 0 Å². The average Bonchev–Trinajstić information content (AvgIpc) is 3.79. The van der Waals surface area contributed by atoms with Gasteiger partial charge in [-0.3, -0.25) is 0 Å². The lowest BCUT2D eigenvalue weighted by atomic mass is 9.91. The number of fused-ring (bicyclic) bond motifs is 4. The molecular weight excluding hydrogens is 791 g/mol. The summed E-state index contributed by atoms with van der Waals surface area (Å²) in [6.45, 7) is 0. The molecule has 304 valence electrons. The Morgan fingerprint density at radius 1 is 0.231 bits per heavy atom. The maximum atomic E-state index is 6.87. The van der Waals surface area contributed by atoms with E-state index < -0.39 is 0 Å². The second-order valence-electron chi connectivity index (χ2n) is 16.3. The van der Waals surface area contributed by atoms with Crippen LogP contribution >= 0.6 is 0 Å². The minimum absolute atomic E-state index is 0.578. The van der Waals surface area contributed by atoms with Gasteiger partial charge in [-0.05, 0) is 66.9 Å². The van der Waals surface area contributed by atoms with Crippen molar-refractivity contribution >= 4 is 32.7 Å². The second kappa shape index (κ2) is 16.2. The van der Waals surface area contributed by atoms with Crippen LogP contribution in [0, 0.1) is 0 Å². The molecule has 0 radical (unpaired) electrons. The van der Waals surface area contributed by atoms with Gasteiger partial charge in [0.05, 0.1) is 0 Å². The summed E-state index contributed by atoms with van der Waals surface area (Å²) in [7, 11) is 0. The highest BCUT2D eigenvalue weighted by Crippen LogP contribution is 2.43. The minimum atomic E-state index is 0.578. The van der Waals surface area contributed by atoms with Gasteiger partial charge in [0.25, 0.3) is 0 Å². The van der Waals surface area contributed by atoms with E-state index in [-0.39, 0.29) is 0 Å². The normalized spacial score (nSPS) is 11.4. The molecule has 4 heteroatoms. The lowest BCUT2D eigenvalue weighted by Crippen LogP contribution is -2.00. The van der Waals surface area contributed by atoms with Gasteiger partial charge in [0.15, 0.2) is 17.5 Å². The zero-order valence-electron chi connectivity index (χ0n) is 35.3. The number of rotatable bonds is 8. The van der Waals surface area contributed by atoms with E-state index in [0.29, 0.717) is 17.5 Å². The van der Waals surface area contributed by atoms with Crippen LogP contribution < -0.4 is 0 Å². The van der Waals surface area contributed by atoms with Crippen LogP contribution in [0.1, 0.15) is 0 Å². The molecule has 0 aliphatic carbocycles. The average molecular weight is 830 g/mol. The Morgan fingerprint density at radius 2 is 0.615 bits per heavy atom. The number of nitrogens with zero attached hydrogens (tertiary/aromatic N) is 3. The summed E-state index contributed by atoms with van der Waals surface area (Å²) in [5.41, 5.74) is 15.8. The van der Waals surface area contributed by atoms with Crippen LogP contribution in [0.5, 0.6) is 0 Å². The third-order valence-corrected chi connectivity index (χ3v) is 12.4. The van der Waals surface area contributed by atoms with Crippen molar-refractivity contribution in [3.63, 3.8) is 0 Å². The van der Waals surface area contributed by atoms with Crippen LogP contribution in [0.15, 0.2) is 241 Å². The molecule has 0 aliphatic rings. The standard InChI is InChI=1S/C61H39N3O/c1-4-14-40(15-5-1)42-26-28-44(29-27-42)45-32-36-48(37-33-45)60-62-59(47-34-30-43(31-35-47)41-16-6-2-7-17-41)63-61(64-60)55-24-13-25-56-57(55)54-23-12-22-53(58(54)65-56)52-39-38-49(46-18-8-3-9-19-46)50-20-10-11-21-51(50)52/h1-39H. The molecular formula is C61H39N3O. The highest BCUT2D eigenvalue weighted by atomic mass is 16.3. The van der Waals surface area contributed by atoms with Crippen LogP contribution in [0.25, 0.3) is 123 Å². The highest BCUT2D eigenvalue weighted by Gasteiger charge is 2.21. The van der Waals surface area contributed by atoms with E-state index in [4.69, 9.17) is 19.4 Å². The molecule has 0 atom stereocenters. The van der Waals surface area contributed by atoms with Crippen molar-refractivity contribution in [3.05, 3.63) is 237 Å². The fourth-order valence-electron chi connectivity index (χ4n) is 9.14. The lowest BCUT2D eigenvalue weighted by Gasteiger charge is -2.12. The van der Waals surface area contributed by atoms with Crippen molar-refractivity contribution in [2.75, 3.05) is 0 Å². The van der Waals surface area contributed by atoms with Crippen molar-refractivity contribution in [1.82, 2.24) is 15.0 Å². The van der Waals surface area contributed by atoms with Crippen molar-refractivity contribution < 1.29 is 4.42 Å². The Morgan fingerprint density at radius 3 is 1.15 bits per heavy atom. The zero-order valence-corrected chi connectivity index (χ0v) is 35.3. The number of benzene rings is 10. The van der Waals surface area contributed by atoms with Crippen molar-refractivity contribution in [2.24, 2.45) is 0 Å². The molecule has 10 aromatic carbocycles. The molecule has 2 aromatic heterocycles. The van der Waals surface area contributed by atoms with Gasteiger partial charge in [0, 0.05) is 33.0 Å². The van der Waals surface area contributed by atoms with E-state index in [1.807, 2.05) is 24.3 Å². The zero-order chi connectivity index (χ0) is 43.1. The molecule has 12 rings (SSSR count). The molecule has 65 heavy (non-hydrogen) atoms. The third-order valence-electron chi connectivity index (χ3n) is 12.4. The van der Waals surface area contributed by atoms with Crippen molar-refractivity contribution in [2.45, 2.75) is 0 Å². The largest absolute Gasteiger partial charge is 0.455 e. The van der Waals surface area contributed by atoms with Gasteiger partial charge in [-0.15, -0.1) is 0 Å². The fraction of sp³-hybridized carbons (Fsp3) is 0. The van der Waals surface area contributed by atoms with Gasteiger partial charge < -0.3 is 4.42 Å². The van der Waals surface area contributed by atoms with E-state index in [1.54, 1.807) is 0 Å². The Balaban J connectivity index is 0.980. The Kier molecular flexibility index (Phi) is 9.46. The second-order valence-corrected chi connectivity index (χ2v) is 16.3. The Bertz CT molecular complexity index is 3660. The summed E-state index contributed by atoms with van der Waals surface area (Å²) < 4.78 is 6.87. The molecule has 0 saturated carbocycles. The SMILES string of the molecule is c1ccc(-c2ccc(-c3ccc(-c4nc(-c5ccc(-c6ccccc6)cc5)nc(-c5cccc6oc7c(-c8ccc(-c9ccccc9)c9ccccc89)cccc7c56)n4)cc3)cc2)cc1. The van der Waals surface area contributed by atoms with Crippen molar-refractivity contribution in [3.8, 4) is 89.8 Å². The van der Waals surface area contributed by atoms with Crippen molar-refractivity contribution in [1.29, 1.82) is 0 Å². The topological polar surface area (TPSA) is 51.8 Å². The van der Waals surface area contributed by atoms with Gasteiger partial charge in [-0.25, -0.2) is 15.0 Å². The summed E-state index contributed by atoms with van der Waals surface area (Å²) in [5, 5.41) is 4.33.